The Balaban J connectivity index is 1.95. The van der Waals surface area contributed by atoms with Gasteiger partial charge in [-0.05, 0) is 47.5 Å². The fourth-order valence-electron chi connectivity index (χ4n) is 2.30. The summed E-state index contributed by atoms with van der Waals surface area (Å²) < 4.78 is 27.7. The van der Waals surface area contributed by atoms with Crippen molar-refractivity contribution in [3.8, 4) is 0 Å². The van der Waals surface area contributed by atoms with E-state index in [4.69, 9.17) is 0 Å². The second-order valence-corrected chi connectivity index (χ2v) is 9.25. The smallest absolute Gasteiger partial charge is 0.207 e. The lowest BCUT2D eigenvalue weighted by molar-refractivity contribution is 0.407. The van der Waals surface area contributed by atoms with Gasteiger partial charge in [0.1, 0.15) is 0 Å². The molecule has 2 heterocycles. The number of rotatable bonds is 6. The third kappa shape index (κ3) is 3.90. The Morgan fingerprint density at radius 2 is 1.52 bits per heavy atom. The molecule has 2 aromatic heterocycles. The van der Waals surface area contributed by atoms with Gasteiger partial charge in [-0.1, -0.05) is 24.3 Å². The number of thiophene rings is 2. The van der Waals surface area contributed by atoms with Crippen LogP contribution in [0.5, 0.6) is 0 Å². The SMILES string of the molecule is Cc1cccc(S(=O)(=O)N(Cc2cccs2)Cc2cccs2)c1. The van der Waals surface area contributed by atoms with Crippen LogP contribution in [-0.2, 0) is 23.1 Å². The lowest BCUT2D eigenvalue weighted by Crippen LogP contribution is -2.29. The van der Waals surface area contributed by atoms with Gasteiger partial charge in [-0.3, -0.25) is 0 Å². The summed E-state index contributed by atoms with van der Waals surface area (Å²) in [6, 6.07) is 14.9. The first-order valence-electron chi connectivity index (χ1n) is 7.17. The van der Waals surface area contributed by atoms with Crippen LogP contribution in [0.1, 0.15) is 15.3 Å². The van der Waals surface area contributed by atoms with Gasteiger partial charge in [0.2, 0.25) is 10.0 Å². The van der Waals surface area contributed by atoms with E-state index in [1.807, 2.05) is 48.0 Å². The van der Waals surface area contributed by atoms with Crippen LogP contribution in [0.2, 0.25) is 0 Å². The molecule has 0 spiro atoms. The second kappa shape index (κ2) is 6.97. The molecule has 23 heavy (non-hydrogen) atoms. The van der Waals surface area contributed by atoms with Gasteiger partial charge < -0.3 is 0 Å². The van der Waals surface area contributed by atoms with Gasteiger partial charge in [0.05, 0.1) is 4.90 Å². The number of nitrogens with zero attached hydrogens (tertiary/aromatic N) is 1. The van der Waals surface area contributed by atoms with Crippen molar-refractivity contribution >= 4 is 32.7 Å². The van der Waals surface area contributed by atoms with E-state index in [2.05, 4.69) is 0 Å². The van der Waals surface area contributed by atoms with Crippen LogP contribution in [0, 0.1) is 6.92 Å². The molecule has 120 valence electrons. The summed E-state index contributed by atoms with van der Waals surface area (Å²) in [5, 5.41) is 3.94. The summed E-state index contributed by atoms with van der Waals surface area (Å²) in [5.41, 5.74) is 0.943. The normalized spacial score (nSPS) is 11.9. The summed E-state index contributed by atoms with van der Waals surface area (Å²) in [6.07, 6.45) is 0. The number of hydrogen-bond acceptors (Lipinski definition) is 4. The second-order valence-electron chi connectivity index (χ2n) is 5.25. The van der Waals surface area contributed by atoms with Crippen molar-refractivity contribution in [1.82, 2.24) is 4.31 Å². The van der Waals surface area contributed by atoms with Crippen LogP contribution in [0.25, 0.3) is 0 Å². The van der Waals surface area contributed by atoms with Gasteiger partial charge in [-0.25, -0.2) is 8.42 Å². The van der Waals surface area contributed by atoms with Crippen LogP contribution < -0.4 is 0 Å². The molecule has 3 nitrogen and oxygen atoms in total. The molecule has 3 aromatic rings. The van der Waals surface area contributed by atoms with Crippen LogP contribution in [0.4, 0.5) is 0 Å². The number of hydrogen-bond donors (Lipinski definition) is 0. The lowest BCUT2D eigenvalue weighted by atomic mass is 10.2. The van der Waals surface area contributed by atoms with Crippen molar-refractivity contribution in [2.45, 2.75) is 24.9 Å². The third-order valence-electron chi connectivity index (χ3n) is 3.45. The maximum absolute atomic E-state index is 13.1. The topological polar surface area (TPSA) is 37.4 Å². The predicted octanol–water partition coefficient (Wildman–Crippen LogP) is 4.51. The molecule has 0 aliphatic rings. The first-order chi connectivity index (χ1) is 11.1. The molecule has 0 aliphatic heterocycles. The molecule has 0 N–H and O–H groups in total. The van der Waals surface area contributed by atoms with E-state index in [1.54, 1.807) is 45.2 Å². The molecule has 0 unspecified atom stereocenters. The molecule has 0 saturated carbocycles. The largest absolute Gasteiger partial charge is 0.243 e. The van der Waals surface area contributed by atoms with Crippen LogP contribution in [0.15, 0.2) is 64.2 Å². The lowest BCUT2D eigenvalue weighted by Gasteiger charge is -2.21. The molecule has 0 atom stereocenters. The first-order valence-corrected chi connectivity index (χ1v) is 10.4. The monoisotopic (exact) mass is 363 g/mol. The number of aryl methyl sites for hydroxylation is 1. The number of benzene rings is 1. The van der Waals surface area contributed by atoms with E-state index in [0.717, 1.165) is 15.3 Å². The highest BCUT2D eigenvalue weighted by molar-refractivity contribution is 7.89. The highest BCUT2D eigenvalue weighted by atomic mass is 32.2. The average Bonchev–Trinajstić information content (AvgIpc) is 3.20. The molecule has 0 amide bonds. The Morgan fingerprint density at radius 3 is 2.00 bits per heavy atom. The highest BCUT2D eigenvalue weighted by Gasteiger charge is 2.25. The molecular formula is C17H17NO2S3. The van der Waals surface area contributed by atoms with Crippen molar-refractivity contribution in [3.63, 3.8) is 0 Å². The highest BCUT2D eigenvalue weighted by Crippen LogP contribution is 2.24. The maximum Gasteiger partial charge on any atom is 0.243 e. The molecule has 1 aromatic carbocycles. The van der Waals surface area contributed by atoms with E-state index in [0.29, 0.717) is 18.0 Å². The molecule has 0 fully saturated rings. The fourth-order valence-corrected chi connectivity index (χ4v) is 5.41. The van der Waals surface area contributed by atoms with Gasteiger partial charge in [-0.2, -0.15) is 4.31 Å². The minimum absolute atomic E-state index is 0.352. The van der Waals surface area contributed by atoms with Crippen molar-refractivity contribution < 1.29 is 8.42 Å². The Morgan fingerprint density at radius 1 is 0.913 bits per heavy atom. The molecule has 0 bridgehead atoms. The summed E-state index contributed by atoms with van der Waals surface area (Å²) in [4.78, 5) is 2.43. The minimum Gasteiger partial charge on any atom is -0.207 e. The van der Waals surface area contributed by atoms with E-state index >= 15 is 0 Å². The summed E-state index contributed by atoms with van der Waals surface area (Å²) in [5.74, 6) is 0. The van der Waals surface area contributed by atoms with Gasteiger partial charge in [0.25, 0.3) is 0 Å². The average molecular weight is 364 g/mol. The van der Waals surface area contributed by atoms with Gasteiger partial charge in [0.15, 0.2) is 0 Å². The predicted molar refractivity (Wildman–Crippen MR) is 96.2 cm³/mol. The maximum atomic E-state index is 13.1. The van der Waals surface area contributed by atoms with Crippen molar-refractivity contribution in [2.24, 2.45) is 0 Å². The summed E-state index contributed by atoms with van der Waals surface area (Å²) in [7, 11) is -3.53. The van der Waals surface area contributed by atoms with E-state index < -0.39 is 10.0 Å². The minimum atomic E-state index is -3.53. The summed E-state index contributed by atoms with van der Waals surface area (Å²) in [6.45, 7) is 2.69. The van der Waals surface area contributed by atoms with Crippen molar-refractivity contribution in [1.29, 1.82) is 0 Å². The first kappa shape index (κ1) is 16.4. The van der Waals surface area contributed by atoms with E-state index in [1.165, 1.54) is 0 Å². The van der Waals surface area contributed by atoms with Gasteiger partial charge >= 0.3 is 0 Å². The van der Waals surface area contributed by atoms with Crippen LogP contribution in [0.3, 0.4) is 0 Å². The van der Waals surface area contributed by atoms with E-state index in [9.17, 15) is 8.42 Å². The standard InChI is InChI=1S/C17H17NO2S3/c1-14-5-2-8-17(11-14)23(19,20)18(12-15-6-3-9-21-15)13-16-7-4-10-22-16/h2-11H,12-13H2,1H3. The quantitative estimate of drug-likeness (QED) is 0.646. The van der Waals surface area contributed by atoms with Crippen LogP contribution >= 0.6 is 22.7 Å². The molecule has 6 heteroatoms. The Hall–Kier alpha value is -1.47. The molecule has 0 aliphatic carbocycles. The molecule has 0 saturated heterocycles. The van der Waals surface area contributed by atoms with Crippen molar-refractivity contribution in [2.75, 3.05) is 0 Å². The Labute approximate surface area is 144 Å². The fraction of sp³-hybridized carbons (Fsp3) is 0.176. The zero-order chi connectivity index (χ0) is 16.3. The number of sulfonamides is 1. The summed E-state index contributed by atoms with van der Waals surface area (Å²) >= 11 is 3.15. The van der Waals surface area contributed by atoms with Gasteiger partial charge in [-0.15, -0.1) is 22.7 Å². The Bertz CT molecular complexity index is 817. The van der Waals surface area contributed by atoms with Crippen molar-refractivity contribution in [3.05, 3.63) is 74.6 Å². The zero-order valence-electron chi connectivity index (χ0n) is 12.7. The van der Waals surface area contributed by atoms with Gasteiger partial charge in [0, 0.05) is 22.8 Å². The Kier molecular flexibility index (Phi) is 4.96. The third-order valence-corrected chi connectivity index (χ3v) is 6.96. The van der Waals surface area contributed by atoms with Crippen LogP contribution in [-0.4, -0.2) is 12.7 Å². The molecule has 0 radical (unpaired) electrons. The zero-order valence-corrected chi connectivity index (χ0v) is 15.1. The molecule has 3 rings (SSSR count). The van der Waals surface area contributed by atoms with E-state index in [-0.39, 0.29) is 0 Å². The molecular weight excluding hydrogens is 346 g/mol.